The van der Waals surface area contributed by atoms with Crippen LogP contribution in [0.15, 0.2) is 41.5 Å². The Bertz CT molecular complexity index is 639. The molecular weight excluding hydrogens is 373 g/mol. The fraction of sp³-hybridized carbons (Fsp3) is 0.500. The van der Waals surface area contributed by atoms with Crippen molar-refractivity contribution in [1.29, 1.82) is 0 Å². The van der Waals surface area contributed by atoms with E-state index in [0.717, 1.165) is 6.42 Å². The standard InChI is InChI=1S/C20H28N.2ClH.Ti/c1-14-12-15(2)17(13-14)16-10-8-9-11-18(16)20(6,7)21-19(3,4)5;;;/h8-12H,13H2,1-7H3;2*1H;/q-1;;;+3/p-2. The molecule has 1 aliphatic rings. The Morgan fingerprint density at radius 1 is 0.958 bits per heavy atom. The van der Waals surface area contributed by atoms with E-state index in [1.54, 1.807) is 0 Å². The number of allylic oxidation sites excluding steroid dienone is 4. The number of rotatable bonds is 3. The molecule has 2 rings (SSSR count). The Morgan fingerprint density at radius 3 is 1.96 bits per heavy atom. The van der Waals surface area contributed by atoms with Crippen LogP contribution in [0.1, 0.15) is 66.0 Å². The van der Waals surface area contributed by atoms with Crippen molar-refractivity contribution >= 4 is 5.57 Å². The average Bonchev–Trinajstić information content (AvgIpc) is 2.75. The van der Waals surface area contributed by atoms with Crippen LogP contribution < -0.4 is 24.8 Å². The van der Waals surface area contributed by atoms with Crippen molar-refractivity contribution in [3.8, 4) is 0 Å². The van der Waals surface area contributed by atoms with Crippen LogP contribution >= 0.6 is 0 Å². The Hall–Kier alpha value is -0.0457. The Balaban J connectivity index is 0.00000264. The number of hydrogen-bond acceptors (Lipinski definition) is 1. The van der Waals surface area contributed by atoms with Crippen LogP contribution in [0.2, 0.25) is 0 Å². The third-order valence-electron chi connectivity index (χ3n) is 4.54. The maximum atomic E-state index is 2.48. The molecule has 0 spiro atoms. The molecule has 1 nitrogen and oxygen atoms in total. The summed E-state index contributed by atoms with van der Waals surface area (Å²) in [6, 6.07) is 8.92. The Labute approximate surface area is 172 Å². The number of hydrogen-bond donors (Lipinski definition) is 0. The van der Waals surface area contributed by atoms with Gasteiger partial charge in [0, 0.05) is 0 Å². The van der Waals surface area contributed by atoms with Gasteiger partial charge >= 0.3 is 148 Å². The zero-order chi connectivity index (χ0) is 16.7. The summed E-state index contributed by atoms with van der Waals surface area (Å²) in [5, 5.41) is 0. The molecule has 0 saturated carbocycles. The van der Waals surface area contributed by atoms with Gasteiger partial charge in [-0.1, -0.05) is 0 Å². The molecule has 1 aliphatic carbocycles. The summed E-state index contributed by atoms with van der Waals surface area (Å²) in [7, 11) is 0. The minimum Gasteiger partial charge on any atom is -1.00 e. The molecule has 0 bridgehead atoms. The molecule has 0 N–H and O–H groups in total. The van der Waals surface area contributed by atoms with Crippen LogP contribution in [-0.2, 0) is 26.2 Å². The fourth-order valence-corrected chi connectivity index (χ4v) is 3.66. The second-order valence-electron chi connectivity index (χ2n) is 7.94. The largest absolute Gasteiger partial charge is 1.00 e. The molecule has 0 aromatic heterocycles. The van der Waals surface area contributed by atoms with Crippen molar-refractivity contribution in [2.24, 2.45) is 0 Å². The van der Waals surface area contributed by atoms with E-state index >= 15 is 0 Å². The first kappa shape index (κ1) is 24.0. The van der Waals surface area contributed by atoms with Gasteiger partial charge in [-0.15, -0.1) is 0 Å². The van der Waals surface area contributed by atoms with Crippen LogP contribution in [0.3, 0.4) is 0 Å². The van der Waals surface area contributed by atoms with Crippen molar-refractivity contribution in [1.82, 2.24) is 3.38 Å². The molecule has 0 unspecified atom stereocenters. The molecule has 0 saturated heterocycles. The summed E-state index contributed by atoms with van der Waals surface area (Å²) in [4.78, 5) is 0. The van der Waals surface area contributed by atoms with E-state index in [4.69, 9.17) is 0 Å². The van der Waals surface area contributed by atoms with Gasteiger partial charge in [0.1, 0.15) is 0 Å². The molecule has 0 heterocycles. The third kappa shape index (κ3) is 4.77. The van der Waals surface area contributed by atoms with Crippen molar-refractivity contribution in [3.05, 3.63) is 52.6 Å². The van der Waals surface area contributed by atoms with E-state index in [2.05, 4.69) is 103 Å². The summed E-state index contributed by atoms with van der Waals surface area (Å²) in [6.45, 7) is 16.0. The second-order valence-corrected chi connectivity index (χ2v) is 8.64. The zero-order valence-corrected chi connectivity index (χ0v) is 18.9. The van der Waals surface area contributed by atoms with E-state index < -0.39 is 0 Å². The van der Waals surface area contributed by atoms with Gasteiger partial charge in [-0.25, -0.2) is 0 Å². The third-order valence-corrected chi connectivity index (χ3v) is 6.46. The molecule has 131 valence electrons. The number of benzene rings is 1. The predicted molar refractivity (Wildman–Crippen MR) is 92.0 cm³/mol. The van der Waals surface area contributed by atoms with E-state index in [9.17, 15) is 0 Å². The van der Waals surface area contributed by atoms with E-state index in [-0.39, 0.29) is 35.9 Å². The second kappa shape index (κ2) is 8.56. The van der Waals surface area contributed by atoms with Crippen LogP contribution in [0, 0.1) is 0 Å². The molecule has 0 radical (unpaired) electrons. The van der Waals surface area contributed by atoms with Crippen LogP contribution in [-0.4, -0.2) is 8.92 Å². The monoisotopic (exact) mass is 400 g/mol. The van der Waals surface area contributed by atoms with E-state index in [1.165, 1.54) is 27.8 Å². The van der Waals surface area contributed by atoms with Gasteiger partial charge in [-0.3, -0.25) is 0 Å². The van der Waals surface area contributed by atoms with Crippen LogP contribution in [0.5, 0.6) is 0 Å². The minimum absolute atomic E-state index is 0. The number of nitrogens with zero attached hydrogens (tertiary/aromatic N) is 1. The van der Waals surface area contributed by atoms with Crippen molar-refractivity contribution in [3.63, 3.8) is 0 Å². The zero-order valence-electron chi connectivity index (χ0n) is 15.8. The first-order valence-electron chi connectivity index (χ1n) is 8.03. The average molecular weight is 401 g/mol. The Morgan fingerprint density at radius 2 is 1.50 bits per heavy atom. The van der Waals surface area contributed by atoms with E-state index in [1.807, 2.05) is 0 Å². The molecule has 0 atom stereocenters. The molecule has 4 heteroatoms. The molecule has 0 fully saturated rings. The quantitative estimate of drug-likeness (QED) is 0.625. The van der Waals surface area contributed by atoms with Crippen molar-refractivity contribution in [2.45, 2.75) is 66.0 Å². The van der Waals surface area contributed by atoms with Gasteiger partial charge in [0.05, 0.1) is 0 Å². The number of halogens is 2. The maximum Gasteiger partial charge on any atom is -1.00 e. The molecule has 1 aromatic carbocycles. The van der Waals surface area contributed by atoms with Gasteiger partial charge in [0.2, 0.25) is 0 Å². The normalized spacial score (nSPS) is 15.2. The van der Waals surface area contributed by atoms with Crippen LogP contribution in [0.25, 0.3) is 5.57 Å². The van der Waals surface area contributed by atoms with Gasteiger partial charge in [0.15, 0.2) is 0 Å². The SMILES string of the molecule is CC1=CC(C)=C(c2ccccc2C(C)(C)[N]([Ti+2])C(C)(C)C)C1.[Cl-].[Cl-]. The van der Waals surface area contributed by atoms with Gasteiger partial charge in [0.25, 0.3) is 0 Å². The molecule has 1 aromatic rings. The van der Waals surface area contributed by atoms with Gasteiger partial charge in [-0.2, -0.15) is 0 Å². The topological polar surface area (TPSA) is 3.24 Å². The van der Waals surface area contributed by atoms with E-state index in [0.29, 0.717) is 0 Å². The molecule has 0 amide bonds. The van der Waals surface area contributed by atoms with Crippen LogP contribution in [0.4, 0.5) is 0 Å². The Kier molecular flexibility index (Phi) is 8.54. The predicted octanol–water partition coefficient (Wildman–Crippen LogP) is -0.384. The van der Waals surface area contributed by atoms with Gasteiger partial charge < -0.3 is 24.8 Å². The summed E-state index contributed by atoms with van der Waals surface area (Å²) in [5.74, 6) is 0. The smallest absolute Gasteiger partial charge is 1.00 e. The molecule has 0 aliphatic heterocycles. The van der Waals surface area contributed by atoms with Gasteiger partial charge in [-0.05, 0) is 0 Å². The fourth-order valence-electron chi connectivity index (χ4n) is 3.47. The first-order valence-corrected chi connectivity index (χ1v) is 8.73. The summed E-state index contributed by atoms with van der Waals surface area (Å²) in [6.07, 6.45) is 3.41. The summed E-state index contributed by atoms with van der Waals surface area (Å²) < 4.78 is 2.48. The minimum atomic E-state index is -0.0153. The van der Waals surface area contributed by atoms with Crippen molar-refractivity contribution < 1.29 is 45.5 Å². The first-order chi connectivity index (χ1) is 10.0. The molecular formula is C20H28Cl2NTi. The summed E-state index contributed by atoms with van der Waals surface area (Å²) in [5.41, 5.74) is 7.31. The van der Waals surface area contributed by atoms with Crippen molar-refractivity contribution in [2.75, 3.05) is 0 Å². The maximum absolute atomic E-state index is 2.48. The summed E-state index contributed by atoms with van der Waals surface area (Å²) >= 11 is 2.23. The molecule has 24 heavy (non-hydrogen) atoms.